The molecule has 2 aromatic carbocycles. The fraction of sp³-hybridized carbons (Fsp3) is 0.381. The number of nitro benzene ring substituents is 1. The van der Waals surface area contributed by atoms with Crippen molar-refractivity contribution in [1.29, 1.82) is 0 Å². The summed E-state index contributed by atoms with van der Waals surface area (Å²) in [7, 11) is -3.64. The average Bonchev–Trinajstić information content (AvgIpc) is 3.22. The lowest BCUT2D eigenvalue weighted by atomic mass is 10.2. The molecule has 0 aliphatic carbocycles. The van der Waals surface area contributed by atoms with Gasteiger partial charge in [-0.15, -0.1) is 0 Å². The SMILES string of the molecule is CCC(=O)N1CCc2cc(S(=O)(=O)N3CCN(c4ccc([N+](=O)[O-])cc4)CC3)ccc21. The van der Waals surface area contributed by atoms with Gasteiger partial charge in [0, 0.05) is 62.7 Å². The summed E-state index contributed by atoms with van der Waals surface area (Å²) in [6.07, 6.45) is 1.07. The third-order valence-electron chi connectivity index (χ3n) is 5.85. The largest absolute Gasteiger partial charge is 0.369 e. The van der Waals surface area contributed by atoms with Gasteiger partial charge in [-0.2, -0.15) is 4.31 Å². The second-order valence-corrected chi connectivity index (χ2v) is 9.54. The van der Waals surface area contributed by atoms with Gasteiger partial charge in [-0.25, -0.2) is 8.42 Å². The van der Waals surface area contributed by atoms with Crippen molar-refractivity contribution in [2.75, 3.05) is 42.5 Å². The Labute approximate surface area is 181 Å². The molecule has 4 rings (SSSR count). The van der Waals surface area contributed by atoms with Gasteiger partial charge in [-0.1, -0.05) is 6.92 Å². The molecule has 0 radical (unpaired) electrons. The first-order valence-corrected chi connectivity index (χ1v) is 11.7. The molecule has 0 atom stereocenters. The summed E-state index contributed by atoms with van der Waals surface area (Å²) in [4.78, 5) is 26.4. The Kier molecular flexibility index (Phi) is 5.67. The molecule has 0 unspecified atom stereocenters. The summed E-state index contributed by atoms with van der Waals surface area (Å²) in [6.45, 7) is 4.06. The first kappa shape index (κ1) is 21.3. The molecule has 2 aliphatic heterocycles. The Morgan fingerprint density at radius 2 is 1.71 bits per heavy atom. The lowest BCUT2D eigenvalue weighted by Crippen LogP contribution is -2.48. The van der Waals surface area contributed by atoms with Crippen LogP contribution in [0.15, 0.2) is 47.4 Å². The van der Waals surface area contributed by atoms with Gasteiger partial charge in [0.05, 0.1) is 9.82 Å². The molecule has 9 nitrogen and oxygen atoms in total. The number of hydrogen-bond acceptors (Lipinski definition) is 6. The number of piperazine rings is 1. The number of carbonyl (C=O) groups is 1. The number of benzene rings is 2. The number of non-ortho nitro benzene ring substituents is 1. The second-order valence-electron chi connectivity index (χ2n) is 7.60. The van der Waals surface area contributed by atoms with Crippen molar-refractivity contribution in [2.24, 2.45) is 0 Å². The maximum absolute atomic E-state index is 13.2. The van der Waals surface area contributed by atoms with E-state index < -0.39 is 14.9 Å². The number of fused-ring (bicyclic) bond motifs is 1. The monoisotopic (exact) mass is 444 g/mol. The van der Waals surface area contributed by atoms with Crippen LogP contribution >= 0.6 is 0 Å². The fourth-order valence-corrected chi connectivity index (χ4v) is 5.58. The van der Waals surface area contributed by atoms with Crippen molar-refractivity contribution < 1.29 is 18.1 Å². The number of amides is 1. The van der Waals surface area contributed by atoms with Gasteiger partial charge in [-0.05, 0) is 42.3 Å². The van der Waals surface area contributed by atoms with Crippen LogP contribution in [0.1, 0.15) is 18.9 Å². The summed E-state index contributed by atoms with van der Waals surface area (Å²) in [5, 5.41) is 10.8. The predicted octanol–water partition coefficient (Wildman–Crippen LogP) is 2.40. The number of carbonyl (C=O) groups excluding carboxylic acids is 1. The number of anilines is 2. The summed E-state index contributed by atoms with van der Waals surface area (Å²) in [6, 6.07) is 11.3. The topological polar surface area (TPSA) is 104 Å². The smallest absolute Gasteiger partial charge is 0.269 e. The molecule has 10 heteroatoms. The summed E-state index contributed by atoms with van der Waals surface area (Å²) in [5.41, 5.74) is 2.54. The van der Waals surface area contributed by atoms with E-state index in [2.05, 4.69) is 0 Å². The van der Waals surface area contributed by atoms with Gasteiger partial charge >= 0.3 is 0 Å². The zero-order valence-electron chi connectivity index (χ0n) is 17.2. The molecule has 1 fully saturated rings. The molecule has 164 valence electrons. The normalized spacial score (nSPS) is 16.9. The Hall–Kier alpha value is -2.98. The van der Waals surface area contributed by atoms with Gasteiger partial charge in [0.1, 0.15) is 0 Å². The lowest BCUT2D eigenvalue weighted by molar-refractivity contribution is -0.384. The molecule has 0 N–H and O–H groups in total. The van der Waals surface area contributed by atoms with E-state index in [9.17, 15) is 23.3 Å². The van der Waals surface area contributed by atoms with Crippen molar-refractivity contribution in [3.8, 4) is 0 Å². The number of rotatable bonds is 5. The molecule has 0 saturated carbocycles. The van der Waals surface area contributed by atoms with Crippen molar-refractivity contribution in [1.82, 2.24) is 4.31 Å². The molecule has 2 aromatic rings. The minimum atomic E-state index is -3.64. The Morgan fingerprint density at radius 3 is 2.32 bits per heavy atom. The van der Waals surface area contributed by atoms with Crippen LogP contribution in [0, 0.1) is 10.1 Å². The van der Waals surface area contributed by atoms with Crippen molar-refractivity contribution in [3.63, 3.8) is 0 Å². The molecule has 2 heterocycles. The summed E-state index contributed by atoms with van der Waals surface area (Å²) in [5.74, 6) is 0.0386. The van der Waals surface area contributed by atoms with E-state index in [1.165, 1.54) is 16.4 Å². The number of nitro groups is 1. The van der Waals surface area contributed by atoms with E-state index in [0.29, 0.717) is 45.6 Å². The third-order valence-corrected chi connectivity index (χ3v) is 7.75. The second kappa shape index (κ2) is 8.27. The van der Waals surface area contributed by atoms with Crippen molar-refractivity contribution >= 4 is 33.0 Å². The zero-order chi connectivity index (χ0) is 22.2. The zero-order valence-corrected chi connectivity index (χ0v) is 18.0. The maximum atomic E-state index is 13.2. The third kappa shape index (κ3) is 4.00. The maximum Gasteiger partial charge on any atom is 0.269 e. The van der Waals surface area contributed by atoms with Gasteiger partial charge < -0.3 is 9.80 Å². The van der Waals surface area contributed by atoms with Crippen molar-refractivity contribution in [3.05, 3.63) is 58.1 Å². The first-order chi connectivity index (χ1) is 14.8. The van der Waals surface area contributed by atoms with Crippen LogP contribution in [0.4, 0.5) is 17.1 Å². The van der Waals surface area contributed by atoms with E-state index in [0.717, 1.165) is 16.9 Å². The Balaban J connectivity index is 1.46. The van der Waals surface area contributed by atoms with Crippen LogP contribution < -0.4 is 9.80 Å². The molecule has 0 bridgehead atoms. The Bertz CT molecular complexity index is 1110. The molecular formula is C21H24N4O5S. The van der Waals surface area contributed by atoms with Gasteiger partial charge in [0.15, 0.2) is 0 Å². The van der Waals surface area contributed by atoms with Gasteiger partial charge in [0.25, 0.3) is 5.69 Å². The van der Waals surface area contributed by atoms with Crippen LogP contribution in [0.3, 0.4) is 0 Å². The van der Waals surface area contributed by atoms with E-state index in [1.807, 2.05) is 11.8 Å². The molecule has 0 spiro atoms. The van der Waals surface area contributed by atoms with E-state index in [1.54, 1.807) is 35.2 Å². The first-order valence-electron chi connectivity index (χ1n) is 10.2. The number of hydrogen-bond donors (Lipinski definition) is 0. The highest BCUT2D eigenvalue weighted by atomic mass is 32.2. The molecule has 31 heavy (non-hydrogen) atoms. The minimum absolute atomic E-state index is 0.0285. The predicted molar refractivity (Wildman–Crippen MR) is 117 cm³/mol. The van der Waals surface area contributed by atoms with Crippen LogP contribution in [0.2, 0.25) is 0 Å². The fourth-order valence-electron chi connectivity index (χ4n) is 4.11. The minimum Gasteiger partial charge on any atom is -0.369 e. The molecule has 0 aromatic heterocycles. The molecule has 1 amide bonds. The van der Waals surface area contributed by atoms with E-state index >= 15 is 0 Å². The molecular weight excluding hydrogens is 420 g/mol. The molecule has 1 saturated heterocycles. The number of nitrogens with zero attached hydrogens (tertiary/aromatic N) is 4. The van der Waals surface area contributed by atoms with E-state index in [-0.39, 0.29) is 16.5 Å². The highest BCUT2D eigenvalue weighted by Crippen LogP contribution is 2.32. The van der Waals surface area contributed by atoms with Gasteiger partial charge in [-0.3, -0.25) is 14.9 Å². The van der Waals surface area contributed by atoms with Gasteiger partial charge in [0.2, 0.25) is 15.9 Å². The highest BCUT2D eigenvalue weighted by molar-refractivity contribution is 7.89. The number of sulfonamides is 1. The van der Waals surface area contributed by atoms with E-state index in [4.69, 9.17) is 0 Å². The quantitative estimate of drug-likeness (QED) is 0.518. The highest BCUT2D eigenvalue weighted by Gasteiger charge is 2.31. The van der Waals surface area contributed by atoms with Crippen LogP contribution in [-0.2, 0) is 21.2 Å². The average molecular weight is 445 g/mol. The Morgan fingerprint density at radius 1 is 1.03 bits per heavy atom. The van der Waals surface area contributed by atoms with Crippen LogP contribution in [0.25, 0.3) is 0 Å². The standard InChI is InChI=1S/C21H24N4O5S/c1-2-21(26)24-10-9-16-15-19(7-8-20(16)24)31(29,30)23-13-11-22(12-14-23)17-3-5-18(6-4-17)25(27)28/h3-8,15H,2,9-14H2,1H3. The lowest BCUT2D eigenvalue weighted by Gasteiger charge is -2.35. The van der Waals surface area contributed by atoms with Crippen LogP contribution in [0.5, 0.6) is 0 Å². The summed E-state index contributed by atoms with van der Waals surface area (Å²) < 4.78 is 27.8. The van der Waals surface area contributed by atoms with Crippen LogP contribution in [-0.4, -0.2) is 56.3 Å². The van der Waals surface area contributed by atoms with Crippen molar-refractivity contribution in [2.45, 2.75) is 24.7 Å². The molecule has 2 aliphatic rings. The summed E-state index contributed by atoms with van der Waals surface area (Å²) >= 11 is 0.